The fourth-order valence-electron chi connectivity index (χ4n) is 2.77. The Kier molecular flexibility index (Phi) is 3.81. The SMILES string of the molecule is Cc1noc(NC(=O)N2CCOC3(CCS(=N)(=O)CC3)C2)n1. The maximum Gasteiger partial charge on any atom is 0.329 e. The molecule has 3 heterocycles. The second-order valence-electron chi connectivity index (χ2n) is 5.75. The second kappa shape index (κ2) is 5.51. The molecule has 2 fully saturated rings. The first-order valence-corrected chi connectivity index (χ1v) is 9.02. The Morgan fingerprint density at radius 1 is 1.45 bits per heavy atom. The van der Waals surface area contributed by atoms with E-state index in [0.29, 0.717) is 49.9 Å². The zero-order valence-corrected chi connectivity index (χ0v) is 13.1. The van der Waals surface area contributed by atoms with Crippen molar-refractivity contribution in [1.82, 2.24) is 15.0 Å². The van der Waals surface area contributed by atoms with E-state index in [4.69, 9.17) is 14.0 Å². The van der Waals surface area contributed by atoms with Gasteiger partial charge in [-0.1, -0.05) is 5.16 Å². The lowest BCUT2D eigenvalue weighted by molar-refractivity contribution is -0.101. The van der Waals surface area contributed by atoms with Gasteiger partial charge in [0.25, 0.3) is 0 Å². The molecule has 0 saturated carbocycles. The highest BCUT2D eigenvalue weighted by atomic mass is 32.2. The van der Waals surface area contributed by atoms with Gasteiger partial charge in [-0.3, -0.25) is 10.1 Å². The van der Waals surface area contributed by atoms with Gasteiger partial charge in [0.15, 0.2) is 5.82 Å². The van der Waals surface area contributed by atoms with Gasteiger partial charge in [0.2, 0.25) is 0 Å². The number of anilines is 1. The predicted octanol–water partition coefficient (Wildman–Crippen LogP) is 0.821. The van der Waals surface area contributed by atoms with E-state index >= 15 is 0 Å². The van der Waals surface area contributed by atoms with Crippen LogP contribution < -0.4 is 5.32 Å². The molecule has 2 aliphatic heterocycles. The number of carbonyl (C=O) groups excluding carboxylic acids is 1. The first kappa shape index (κ1) is 15.2. The lowest BCUT2D eigenvalue weighted by Gasteiger charge is -2.44. The number of amides is 2. The molecule has 1 spiro atoms. The molecular formula is C12H19N5O4S. The number of urea groups is 1. The minimum absolute atomic E-state index is 0.0702. The molecule has 2 saturated heterocycles. The number of hydrogen-bond acceptors (Lipinski definition) is 7. The summed E-state index contributed by atoms with van der Waals surface area (Å²) < 4.78 is 30.2. The number of hydrogen-bond donors (Lipinski definition) is 2. The van der Waals surface area contributed by atoms with Crippen LogP contribution in [0.5, 0.6) is 0 Å². The lowest BCUT2D eigenvalue weighted by atomic mass is 9.94. The molecular weight excluding hydrogens is 310 g/mol. The molecule has 2 amide bonds. The molecule has 22 heavy (non-hydrogen) atoms. The second-order valence-corrected chi connectivity index (χ2v) is 8.19. The summed E-state index contributed by atoms with van der Waals surface area (Å²) in [6.07, 6.45) is 1.08. The molecule has 0 atom stereocenters. The summed E-state index contributed by atoms with van der Waals surface area (Å²) >= 11 is 0. The standard InChI is InChI=1S/C12H19N5O4S/c1-9-14-10(21-16-9)15-11(18)17-4-5-20-12(8-17)2-6-22(13,19)7-3-12/h13H,2-8H2,1H3,(H,14,15,16,18). The molecule has 0 radical (unpaired) electrons. The normalized spacial score (nSPS) is 32.1. The van der Waals surface area contributed by atoms with Crippen molar-refractivity contribution in [2.75, 3.05) is 36.5 Å². The third-order valence-electron chi connectivity index (χ3n) is 4.05. The van der Waals surface area contributed by atoms with Gasteiger partial charge < -0.3 is 14.2 Å². The fraction of sp³-hybridized carbons (Fsp3) is 0.750. The molecule has 0 aliphatic carbocycles. The number of carbonyl (C=O) groups is 1. The van der Waals surface area contributed by atoms with Crippen LogP contribution in [0.3, 0.4) is 0 Å². The molecule has 0 bridgehead atoms. The van der Waals surface area contributed by atoms with E-state index in [1.165, 1.54) is 0 Å². The third-order valence-corrected chi connectivity index (χ3v) is 5.78. The number of nitrogens with one attached hydrogen (secondary N) is 2. The highest BCUT2D eigenvalue weighted by Gasteiger charge is 2.42. The molecule has 2 N–H and O–H groups in total. The molecule has 10 heteroatoms. The Bertz CT molecular complexity index is 657. The Labute approximate surface area is 128 Å². The van der Waals surface area contributed by atoms with E-state index < -0.39 is 15.3 Å². The number of rotatable bonds is 1. The van der Waals surface area contributed by atoms with E-state index in [0.717, 1.165) is 0 Å². The van der Waals surface area contributed by atoms with E-state index in [1.54, 1.807) is 11.8 Å². The number of morpholine rings is 1. The maximum atomic E-state index is 12.3. The van der Waals surface area contributed by atoms with Crippen LogP contribution in [-0.2, 0) is 14.5 Å². The molecule has 3 rings (SSSR count). The number of aromatic nitrogens is 2. The monoisotopic (exact) mass is 329 g/mol. The van der Waals surface area contributed by atoms with Gasteiger partial charge in [0.1, 0.15) is 0 Å². The van der Waals surface area contributed by atoms with Crippen LogP contribution >= 0.6 is 0 Å². The molecule has 9 nitrogen and oxygen atoms in total. The Balaban J connectivity index is 1.64. The molecule has 0 unspecified atom stereocenters. The predicted molar refractivity (Wildman–Crippen MR) is 78.1 cm³/mol. The fourth-order valence-corrected chi connectivity index (χ4v) is 4.38. The van der Waals surface area contributed by atoms with Gasteiger partial charge in [0, 0.05) is 27.8 Å². The summed E-state index contributed by atoms with van der Waals surface area (Å²) in [5.41, 5.74) is -0.484. The topological polar surface area (TPSA) is 121 Å². The minimum Gasteiger partial charge on any atom is -0.371 e. The Morgan fingerprint density at radius 3 is 2.82 bits per heavy atom. The molecule has 122 valence electrons. The van der Waals surface area contributed by atoms with Gasteiger partial charge in [0.05, 0.1) is 18.8 Å². The van der Waals surface area contributed by atoms with Gasteiger partial charge >= 0.3 is 12.0 Å². The van der Waals surface area contributed by atoms with Crippen molar-refractivity contribution in [3.05, 3.63) is 5.82 Å². The Hall–Kier alpha value is -1.68. The largest absolute Gasteiger partial charge is 0.371 e. The van der Waals surface area contributed by atoms with Crippen LogP contribution in [0, 0.1) is 11.7 Å². The van der Waals surface area contributed by atoms with Crippen LogP contribution in [0.25, 0.3) is 0 Å². The first-order valence-electron chi connectivity index (χ1n) is 7.12. The lowest BCUT2D eigenvalue weighted by Crippen LogP contribution is -2.57. The van der Waals surface area contributed by atoms with E-state index in [1.807, 2.05) is 0 Å². The van der Waals surface area contributed by atoms with Crippen molar-refractivity contribution < 1.29 is 18.3 Å². The van der Waals surface area contributed by atoms with Gasteiger partial charge in [-0.25, -0.2) is 9.00 Å². The number of aryl methyl sites for hydroxylation is 1. The van der Waals surface area contributed by atoms with Crippen molar-refractivity contribution in [2.24, 2.45) is 0 Å². The molecule has 2 aliphatic rings. The molecule has 0 aromatic carbocycles. The highest BCUT2D eigenvalue weighted by molar-refractivity contribution is 7.92. The van der Waals surface area contributed by atoms with Crippen molar-refractivity contribution in [3.63, 3.8) is 0 Å². The molecule has 1 aromatic rings. The van der Waals surface area contributed by atoms with Gasteiger partial charge in [-0.05, 0) is 19.8 Å². The van der Waals surface area contributed by atoms with Gasteiger partial charge in [-0.2, -0.15) is 4.98 Å². The van der Waals surface area contributed by atoms with Crippen molar-refractivity contribution in [1.29, 1.82) is 4.78 Å². The average Bonchev–Trinajstić information content (AvgIpc) is 2.88. The summed E-state index contributed by atoms with van der Waals surface area (Å²) in [5.74, 6) is 1.10. The van der Waals surface area contributed by atoms with Crippen molar-refractivity contribution in [3.8, 4) is 0 Å². The summed E-state index contributed by atoms with van der Waals surface area (Å²) in [4.78, 5) is 17.8. The minimum atomic E-state index is -2.47. The first-order chi connectivity index (χ1) is 10.4. The Morgan fingerprint density at radius 2 is 2.18 bits per heavy atom. The smallest absolute Gasteiger partial charge is 0.329 e. The zero-order chi connectivity index (χ0) is 15.8. The van der Waals surface area contributed by atoms with E-state index in [9.17, 15) is 9.00 Å². The summed E-state index contributed by atoms with van der Waals surface area (Å²) in [6.45, 7) is 2.98. The number of nitrogens with zero attached hydrogens (tertiary/aromatic N) is 3. The van der Waals surface area contributed by atoms with Crippen LogP contribution in [0.2, 0.25) is 0 Å². The van der Waals surface area contributed by atoms with Crippen molar-refractivity contribution >= 4 is 21.8 Å². The quantitative estimate of drug-likeness (QED) is 0.786. The summed E-state index contributed by atoms with van der Waals surface area (Å²) in [6, 6.07) is -0.246. The van der Waals surface area contributed by atoms with E-state index in [2.05, 4.69) is 15.5 Å². The van der Waals surface area contributed by atoms with Crippen LogP contribution in [0.1, 0.15) is 18.7 Å². The van der Waals surface area contributed by atoms with Crippen LogP contribution in [-0.4, -0.2) is 62.1 Å². The zero-order valence-electron chi connectivity index (χ0n) is 12.3. The average molecular weight is 329 g/mol. The van der Waals surface area contributed by atoms with E-state index in [-0.39, 0.29) is 12.0 Å². The summed E-state index contributed by atoms with van der Waals surface area (Å²) in [7, 11) is -2.47. The van der Waals surface area contributed by atoms with Crippen LogP contribution in [0.15, 0.2) is 4.52 Å². The summed E-state index contributed by atoms with van der Waals surface area (Å²) in [5, 5.41) is 6.19. The highest BCUT2D eigenvalue weighted by Crippen LogP contribution is 2.31. The number of ether oxygens (including phenoxy) is 1. The maximum absolute atomic E-state index is 12.3. The molecule has 1 aromatic heterocycles. The van der Waals surface area contributed by atoms with Crippen molar-refractivity contribution in [2.45, 2.75) is 25.4 Å². The third kappa shape index (κ3) is 3.22. The van der Waals surface area contributed by atoms with Crippen LogP contribution in [0.4, 0.5) is 10.8 Å². The van der Waals surface area contributed by atoms with Gasteiger partial charge in [-0.15, -0.1) is 0 Å².